The van der Waals surface area contributed by atoms with Crippen LogP contribution >= 0.6 is 0 Å². The smallest absolute Gasteiger partial charge is 0.284 e. The zero-order valence-electron chi connectivity index (χ0n) is 12.3. The lowest BCUT2D eigenvalue weighted by molar-refractivity contribution is -0.385. The van der Waals surface area contributed by atoms with Gasteiger partial charge in [0.05, 0.1) is 28.3 Å². The van der Waals surface area contributed by atoms with Crippen molar-refractivity contribution in [2.24, 2.45) is 0 Å². The Balaban J connectivity index is 2.25. The fourth-order valence-corrected chi connectivity index (χ4v) is 2.16. The molecule has 1 amide bonds. The molecule has 0 radical (unpaired) electrons. The second-order valence-corrected chi connectivity index (χ2v) is 4.93. The maximum Gasteiger partial charge on any atom is 0.284 e. The van der Waals surface area contributed by atoms with Crippen LogP contribution in [-0.2, 0) is 0 Å². The number of nitriles is 1. The Morgan fingerprint density at radius 2 is 1.96 bits per heavy atom. The lowest BCUT2D eigenvalue weighted by Gasteiger charge is -2.15. The number of benzene rings is 2. The summed E-state index contributed by atoms with van der Waals surface area (Å²) in [5.74, 6) is -0.619. The third-order valence-electron chi connectivity index (χ3n) is 3.39. The van der Waals surface area contributed by atoms with E-state index in [0.717, 1.165) is 5.56 Å². The number of nitrogens with one attached hydrogen (secondary N) is 1. The molecule has 7 nitrogen and oxygen atoms in total. The van der Waals surface area contributed by atoms with Gasteiger partial charge in [-0.25, -0.2) is 0 Å². The van der Waals surface area contributed by atoms with Gasteiger partial charge in [0.15, 0.2) is 0 Å². The maximum atomic E-state index is 12.3. The van der Waals surface area contributed by atoms with Crippen LogP contribution in [0.2, 0.25) is 0 Å². The lowest BCUT2D eigenvalue weighted by atomic mass is 10.0. The van der Waals surface area contributed by atoms with E-state index in [1.165, 1.54) is 18.2 Å². The van der Waals surface area contributed by atoms with Crippen LogP contribution in [0.5, 0.6) is 0 Å². The van der Waals surface area contributed by atoms with E-state index in [-0.39, 0.29) is 16.9 Å². The summed E-state index contributed by atoms with van der Waals surface area (Å²) in [6.45, 7) is 1.74. The van der Waals surface area contributed by atoms with Crippen LogP contribution in [0, 0.1) is 21.4 Å². The van der Waals surface area contributed by atoms with Crippen molar-refractivity contribution in [2.45, 2.75) is 13.0 Å². The van der Waals surface area contributed by atoms with Crippen molar-refractivity contribution in [3.63, 3.8) is 0 Å². The first-order valence-corrected chi connectivity index (χ1v) is 6.78. The van der Waals surface area contributed by atoms with Gasteiger partial charge >= 0.3 is 0 Å². The fourth-order valence-electron chi connectivity index (χ4n) is 2.16. The van der Waals surface area contributed by atoms with Crippen molar-refractivity contribution in [3.8, 4) is 6.07 Å². The van der Waals surface area contributed by atoms with E-state index in [2.05, 4.69) is 5.32 Å². The predicted molar refractivity (Wildman–Crippen MR) is 84.5 cm³/mol. The summed E-state index contributed by atoms with van der Waals surface area (Å²) in [6.07, 6.45) is 0. The molecule has 0 unspecified atom stereocenters. The number of nitrogen functional groups attached to an aromatic ring is 1. The van der Waals surface area contributed by atoms with E-state index >= 15 is 0 Å². The Hall–Kier alpha value is -3.40. The first-order chi connectivity index (χ1) is 10.9. The molecule has 0 aliphatic heterocycles. The van der Waals surface area contributed by atoms with E-state index in [1.54, 1.807) is 31.2 Å². The number of rotatable bonds is 4. The fraction of sp³-hybridized carbons (Fsp3) is 0.125. The van der Waals surface area contributed by atoms with Crippen LogP contribution in [0.25, 0.3) is 0 Å². The first-order valence-electron chi connectivity index (χ1n) is 6.78. The molecule has 0 aromatic heterocycles. The van der Waals surface area contributed by atoms with E-state index in [9.17, 15) is 14.9 Å². The molecule has 2 aromatic rings. The van der Waals surface area contributed by atoms with Gasteiger partial charge in [-0.1, -0.05) is 18.2 Å². The molecule has 0 spiro atoms. The van der Waals surface area contributed by atoms with Gasteiger partial charge in [0.2, 0.25) is 0 Å². The topological polar surface area (TPSA) is 122 Å². The number of hydrogen-bond acceptors (Lipinski definition) is 5. The minimum Gasteiger partial charge on any atom is -0.398 e. The zero-order valence-corrected chi connectivity index (χ0v) is 12.3. The molecule has 2 aromatic carbocycles. The first kappa shape index (κ1) is 16.0. The Kier molecular flexibility index (Phi) is 4.57. The summed E-state index contributed by atoms with van der Waals surface area (Å²) in [7, 11) is 0. The molecule has 0 saturated heterocycles. The third-order valence-corrected chi connectivity index (χ3v) is 3.39. The van der Waals surface area contributed by atoms with Crippen LogP contribution in [0.1, 0.15) is 34.5 Å². The van der Waals surface area contributed by atoms with Gasteiger partial charge in [-0.2, -0.15) is 5.26 Å². The second kappa shape index (κ2) is 6.58. The lowest BCUT2D eigenvalue weighted by Crippen LogP contribution is -2.28. The molecule has 2 rings (SSSR count). The largest absolute Gasteiger partial charge is 0.398 e. The van der Waals surface area contributed by atoms with Crippen molar-refractivity contribution in [3.05, 3.63) is 69.3 Å². The Morgan fingerprint density at radius 1 is 1.30 bits per heavy atom. The molecule has 1 atom stereocenters. The van der Waals surface area contributed by atoms with E-state index in [1.807, 2.05) is 6.07 Å². The SMILES string of the molecule is C[C@H](NC(=O)c1c(N)cccc1[N+](=O)[O-])c1ccc(C#N)cc1. The van der Waals surface area contributed by atoms with Crippen molar-refractivity contribution in [2.75, 3.05) is 5.73 Å². The summed E-state index contributed by atoms with van der Waals surface area (Å²) >= 11 is 0. The number of nitro benzene ring substituents is 1. The molecular weight excluding hydrogens is 296 g/mol. The van der Waals surface area contributed by atoms with E-state index in [4.69, 9.17) is 11.0 Å². The highest BCUT2D eigenvalue weighted by Gasteiger charge is 2.24. The van der Waals surface area contributed by atoms with Gasteiger partial charge < -0.3 is 11.1 Å². The molecule has 0 aliphatic carbocycles. The molecule has 116 valence electrons. The standard InChI is InChI=1S/C16H14N4O3/c1-10(12-7-5-11(9-17)6-8-12)19-16(21)15-13(18)3-2-4-14(15)20(22)23/h2-8,10H,18H2,1H3,(H,19,21)/t10-/m0/s1. The van der Waals surface area contributed by atoms with E-state index < -0.39 is 16.9 Å². The minimum absolute atomic E-state index is 0.0451. The molecule has 7 heteroatoms. The number of nitrogens with zero attached hydrogens (tertiary/aromatic N) is 2. The summed E-state index contributed by atoms with van der Waals surface area (Å²) in [4.78, 5) is 22.8. The number of carbonyl (C=O) groups is 1. The average molecular weight is 310 g/mol. The maximum absolute atomic E-state index is 12.3. The van der Waals surface area contributed by atoms with Crippen LogP contribution in [0.15, 0.2) is 42.5 Å². The highest BCUT2D eigenvalue weighted by molar-refractivity contribution is 6.03. The van der Waals surface area contributed by atoms with Crippen LogP contribution in [0.3, 0.4) is 0 Å². The third kappa shape index (κ3) is 3.44. The minimum atomic E-state index is -0.641. The van der Waals surface area contributed by atoms with Crippen LogP contribution in [0.4, 0.5) is 11.4 Å². The van der Waals surface area contributed by atoms with Gasteiger partial charge in [-0.15, -0.1) is 0 Å². The molecule has 0 saturated carbocycles. The number of anilines is 1. The Bertz CT molecular complexity index is 794. The summed E-state index contributed by atoms with van der Waals surface area (Å²) in [5.41, 5.74) is 6.55. The number of nitro groups is 1. The average Bonchev–Trinajstić information content (AvgIpc) is 2.54. The summed E-state index contributed by atoms with van der Waals surface area (Å²) in [5, 5.41) is 22.5. The van der Waals surface area contributed by atoms with Crippen molar-refractivity contribution >= 4 is 17.3 Å². The zero-order chi connectivity index (χ0) is 17.0. The molecule has 3 N–H and O–H groups in total. The van der Waals surface area contributed by atoms with Crippen molar-refractivity contribution in [1.29, 1.82) is 5.26 Å². The molecule has 0 bridgehead atoms. The van der Waals surface area contributed by atoms with Crippen molar-refractivity contribution < 1.29 is 9.72 Å². The highest BCUT2D eigenvalue weighted by atomic mass is 16.6. The van der Waals surface area contributed by atoms with E-state index in [0.29, 0.717) is 5.56 Å². The molecule has 0 heterocycles. The summed E-state index contributed by atoms with van der Waals surface area (Å²) < 4.78 is 0. The van der Waals surface area contributed by atoms with Gasteiger partial charge in [-0.05, 0) is 30.7 Å². The Labute approximate surface area is 132 Å². The van der Waals surface area contributed by atoms with Gasteiger partial charge in [0.25, 0.3) is 11.6 Å². The monoisotopic (exact) mass is 310 g/mol. The van der Waals surface area contributed by atoms with Gasteiger partial charge in [0, 0.05) is 6.07 Å². The molecule has 0 fully saturated rings. The molecule has 23 heavy (non-hydrogen) atoms. The summed E-state index contributed by atoms with van der Waals surface area (Å²) in [6, 6.07) is 12.4. The second-order valence-electron chi connectivity index (χ2n) is 4.93. The normalized spacial score (nSPS) is 11.3. The van der Waals surface area contributed by atoms with Crippen LogP contribution < -0.4 is 11.1 Å². The number of amides is 1. The number of nitrogens with two attached hydrogens (primary N) is 1. The predicted octanol–water partition coefficient (Wildman–Crippen LogP) is 2.54. The van der Waals surface area contributed by atoms with Crippen molar-refractivity contribution in [1.82, 2.24) is 5.32 Å². The Morgan fingerprint density at radius 3 is 2.52 bits per heavy atom. The van der Waals surface area contributed by atoms with Gasteiger partial charge in [0.1, 0.15) is 5.56 Å². The molecule has 0 aliphatic rings. The highest BCUT2D eigenvalue weighted by Crippen LogP contribution is 2.25. The van der Waals surface area contributed by atoms with Gasteiger partial charge in [-0.3, -0.25) is 14.9 Å². The molecular formula is C16H14N4O3. The number of hydrogen-bond donors (Lipinski definition) is 2. The number of carbonyl (C=O) groups excluding carboxylic acids is 1. The van der Waals surface area contributed by atoms with Crippen LogP contribution in [-0.4, -0.2) is 10.8 Å². The quantitative estimate of drug-likeness (QED) is 0.510.